The van der Waals surface area contributed by atoms with Gasteiger partial charge in [-0.15, -0.1) is 0 Å². The summed E-state index contributed by atoms with van der Waals surface area (Å²) in [5, 5.41) is 9.54. The highest BCUT2D eigenvalue weighted by Crippen LogP contribution is 2.30. The van der Waals surface area contributed by atoms with Crippen LogP contribution < -0.4 is 0 Å². The minimum absolute atomic E-state index is 0.195. The Morgan fingerprint density at radius 1 is 1.23 bits per heavy atom. The number of carbonyl (C=O) groups is 2. The van der Waals surface area contributed by atoms with Crippen LogP contribution in [0.3, 0.4) is 0 Å². The second-order valence-corrected chi connectivity index (χ2v) is 5.63. The van der Waals surface area contributed by atoms with Crippen molar-refractivity contribution in [2.24, 2.45) is 5.92 Å². The van der Waals surface area contributed by atoms with Gasteiger partial charge in [0.1, 0.15) is 5.76 Å². The molecule has 0 spiro atoms. The quantitative estimate of drug-likeness (QED) is 0.943. The number of carboxylic acids is 1. The molecule has 0 bridgehead atoms. The van der Waals surface area contributed by atoms with Crippen molar-refractivity contribution in [3.05, 3.63) is 47.2 Å². The van der Waals surface area contributed by atoms with Gasteiger partial charge in [0.15, 0.2) is 5.76 Å². The molecule has 0 saturated carbocycles. The number of aliphatic carboxylic acids is 1. The lowest BCUT2D eigenvalue weighted by molar-refractivity contribution is -0.141. The highest BCUT2D eigenvalue weighted by molar-refractivity contribution is 6.33. The number of hydrogen-bond acceptors (Lipinski definition) is 3. The Morgan fingerprint density at radius 3 is 2.68 bits per heavy atom. The Kier molecular flexibility index (Phi) is 3.90. The van der Waals surface area contributed by atoms with Crippen molar-refractivity contribution in [1.29, 1.82) is 0 Å². The molecule has 1 aromatic carbocycles. The molecule has 1 aliphatic rings. The van der Waals surface area contributed by atoms with Crippen molar-refractivity contribution in [2.75, 3.05) is 13.1 Å². The topological polar surface area (TPSA) is 70.8 Å². The first kappa shape index (κ1) is 14.7. The molecule has 0 radical (unpaired) electrons. The highest BCUT2D eigenvalue weighted by Gasteiger charge is 2.32. The maximum atomic E-state index is 12.4. The summed E-state index contributed by atoms with van der Waals surface area (Å²) in [6.45, 7) is 0.647. The molecular formula is C16H14ClNO4. The van der Waals surface area contributed by atoms with Crippen LogP contribution in [0.5, 0.6) is 0 Å². The number of nitrogens with zero attached hydrogens (tertiary/aromatic N) is 1. The molecule has 2 heterocycles. The van der Waals surface area contributed by atoms with Crippen molar-refractivity contribution in [3.63, 3.8) is 0 Å². The molecule has 1 saturated heterocycles. The lowest BCUT2D eigenvalue weighted by Gasteiger charge is -2.13. The molecule has 1 fully saturated rings. The normalized spacial score (nSPS) is 17.7. The summed E-state index contributed by atoms with van der Waals surface area (Å²) in [4.78, 5) is 24.8. The number of hydrogen-bond donors (Lipinski definition) is 1. The first-order valence-corrected chi connectivity index (χ1v) is 7.31. The first-order chi connectivity index (χ1) is 10.6. The Balaban J connectivity index is 1.78. The van der Waals surface area contributed by atoms with Crippen LogP contribution in [0, 0.1) is 5.92 Å². The van der Waals surface area contributed by atoms with Crippen LogP contribution in [-0.2, 0) is 4.79 Å². The number of rotatable bonds is 3. The monoisotopic (exact) mass is 319 g/mol. The zero-order chi connectivity index (χ0) is 15.7. The molecule has 6 heteroatoms. The standard InChI is InChI=1S/C16H14ClNO4/c17-12-4-2-1-3-11(12)13-5-6-14(22-13)15(19)18-8-7-10(9-18)16(20)21/h1-6,10H,7-9H2,(H,20,21)/t10-/m1/s1. The van der Waals surface area contributed by atoms with E-state index < -0.39 is 11.9 Å². The number of benzene rings is 1. The summed E-state index contributed by atoms with van der Waals surface area (Å²) in [5.41, 5.74) is 0.716. The molecule has 0 unspecified atom stereocenters. The Morgan fingerprint density at radius 2 is 2.00 bits per heavy atom. The predicted octanol–water partition coefficient (Wildman–Crippen LogP) is 3.15. The third kappa shape index (κ3) is 2.72. The van der Waals surface area contributed by atoms with Gasteiger partial charge in [-0.1, -0.05) is 23.7 Å². The number of carboxylic acid groups (broad SMARTS) is 1. The summed E-state index contributed by atoms with van der Waals surface area (Å²) >= 11 is 6.11. The molecule has 114 valence electrons. The summed E-state index contributed by atoms with van der Waals surface area (Å²) in [6, 6.07) is 10.5. The van der Waals surface area contributed by atoms with E-state index >= 15 is 0 Å². The average Bonchev–Trinajstić information content (AvgIpc) is 3.17. The van der Waals surface area contributed by atoms with Crippen LogP contribution in [0.25, 0.3) is 11.3 Å². The van der Waals surface area contributed by atoms with E-state index in [0.717, 1.165) is 0 Å². The zero-order valence-corrected chi connectivity index (χ0v) is 12.4. The molecule has 3 rings (SSSR count). The van der Waals surface area contributed by atoms with Crippen LogP contribution in [0.15, 0.2) is 40.8 Å². The number of halogens is 1. The van der Waals surface area contributed by atoms with Crippen molar-refractivity contribution in [1.82, 2.24) is 4.90 Å². The van der Waals surface area contributed by atoms with E-state index in [9.17, 15) is 9.59 Å². The second kappa shape index (κ2) is 5.85. The SMILES string of the molecule is O=C(O)[C@@H]1CCN(C(=O)c2ccc(-c3ccccc3Cl)o2)C1. The van der Waals surface area contributed by atoms with Crippen LogP contribution in [0.2, 0.25) is 5.02 Å². The molecular weight excluding hydrogens is 306 g/mol. The average molecular weight is 320 g/mol. The number of furan rings is 1. The molecule has 22 heavy (non-hydrogen) atoms. The van der Waals surface area contributed by atoms with Gasteiger partial charge in [0.2, 0.25) is 0 Å². The van der Waals surface area contributed by atoms with Crippen molar-refractivity contribution >= 4 is 23.5 Å². The van der Waals surface area contributed by atoms with Crippen molar-refractivity contribution in [3.8, 4) is 11.3 Å². The fourth-order valence-electron chi connectivity index (χ4n) is 2.56. The maximum Gasteiger partial charge on any atom is 0.308 e. The van der Waals surface area contributed by atoms with Gasteiger partial charge in [0.05, 0.1) is 10.9 Å². The van der Waals surface area contributed by atoms with Gasteiger partial charge in [0.25, 0.3) is 5.91 Å². The molecule has 5 nitrogen and oxygen atoms in total. The number of likely N-dealkylation sites (tertiary alicyclic amines) is 1. The van der Waals surface area contributed by atoms with Crippen molar-refractivity contribution in [2.45, 2.75) is 6.42 Å². The Hall–Kier alpha value is -2.27. The van der Waals surface area contributed by atoms with Gasteiger partial charge < -0.3 is 14.4 Å². The Labute approximate surface area is 132 Å². The van der Waals surface area contributed by atoms with Gasteiger partial charge in [0, 0.05) is 18.7 Å². The lowest BCUT2D eigenvalue weighted by atomic mass is 10.1. The molecule has 1 N–H and O–H groups in total. The minimum atomic E-state index is -0.869. The second-order valence-electron chi connectivity index (χ2n) is 5.22. The summed E-state index contributed by atoms with van der Waals surface area (Å²) < 4.78 is 5.60. The summed E-state index contributed by atoms with van der Waals surface area (Å²) in [6.07, 6.45) is 0.471. The van der Waals surface area contributed by atoms with Crippen LogP contribution in [-0.4, -0.2) is 35.0 Å². The third-order valence-electron chi connectivity index (χ3n) is 3.78. The van der Waals surface area contributed by atoms with Gasteiger partial charge in [-0.2, -0.15) is 0 Å². The minimum Gasteiger partial charge on any atom is -0.481 e. The van der Waals surface area contributed by atoms with Crippen molar-refractivity contribution < 1.29 is 19.1 Å². The molecule has 1 amide bonds. The van der Waals surface area contributed by atoms with E-state index in [0.29, 0.717) is 29.3 Å². The smallest absolute Gasteiger partial charge is 0.308 e. The van der Waals surface area contributed by atoms with Crippen LogP contribution in [0.4, 0.5) is 0 Å². The molecule has 2 aromatic rings. The van der Waals surface area contributed by atoms with E-state index in [4.69, 9.17) is 21.1 Å². The first-order valence-electron chi connectivity index (χ1n) is 6.93. The van der Waals surface area contributed by atoms with Gasteiger partial charge in [-0.05, 0) is 30.7 Å². The lowest BCUT2D eigenvalue weighted by Crippen LogP contribution is -2.29. The fraction of sp³-hybridized carbons (Fsp3) is 0.250. The van der Waals surface area contributed by atoms with Crippen LogP contribution >= 0.6 is 11.6 Å². The summed E-state index contributed by atoms with van der Waals surface area (Å²) in [7, 11) is 0. The van der Waals surface area contributed by atoms with Gasteiger partial charge in [-0.3, -0.25) is 9.59 Å². The molecule has 1 aliphatic heterocycles. The largest absolute Gasteiger partial charge is 0.481 e. The highest BCUT2D eigenvalue weighted by atomic mass is 35.5. The maximum absolute atomic E-state index is 12.4. The van der Waals surface area contributed by atoms with E-state index in [2.05, 4.69) is 0 Å². The third-order valence-corrected chi connectivity index (χ3v) is 4.11. The number of carbonyl (C=O) groups excluding carboxylic acids is 1. The molecule has 1 aromatic heterocycles. The van der Waals surface area contributed by atoms with E-state index in [1.54, 1.807) is 18.2 Å². The summed E-state index contributed by atoms with van der Waals surface area (Å²) in [5.74, 6) is -0.945. The number of amides is 1. The molecule has 1 atom stereocenters. The van der Waals surface area contributed by atoms with E-state index in [-0.39, 0.29) is 18.2 Å². The zero-order valence-electron chi connectivity index (χ0n) is 11.7. The van der Waals surface area contributed by atoms with Gasteiger partial charge in [-0.25, -0.2) is 0 Å². The van der Waals surface area contributed by atoms with E-state index in [1.807, 2.05) is 18.2 Å². The van der Waals surface area contributed by atoms with Gasteiger partial charge >= 0.3 is 5.97 Å². The van der Waals surface area contributed by atoms with E-state index in [1.165, 1.54) is 4.90 Å². The Bertz CT molecular complexity index is 724. The molecule has 0 aliphatic carbocycles. The fourth-order valence-corrected chi connectivity index (χ4v) is 2.79. The van der Waals surface area contributed by atoms with Crippen LogP contribution in [0.1, 0.15) is 17.0 Å². The predicted molar refractivity (Wildman–Crippen MR) is 80.8 cm³/mol.